The number of nitrogens with zero attached hydrogens (tertiary/aromatic N) is 8. The summed E-state index contributed by atoms with van der Waals surface area (Å²) >= 11 is 0. The van der Waals surface area contributed by atoms with E-state index in [1.165, 1.54) is 12.3 Å². The third-order valence-electron chi connectivity index (χ3n) is 8.09. The largest absolute Gasteiger partial charge is 0.341 e. The lowest BCUT2D eigenvalue weighted by atomic mass is 9.99. The summed E-state index contributed by atoms with van der Waals surface area (Å²) in [5.41, 5.74) is 3.66. The molecule has 9 nitrogen and oxygen atoms in total. The minimum absolute atomic E-state index is 0.0683. The maximum atomic E-state index is 15.7. The number of hydrogen-bond acceptors (Lipinski definition) is 6. The molecule has 7 rings (SSSR count). The van der Waals surface area contributed by atoms with Gasteiger partial charge < -0.3 is 14.4 Å². The molecule has 41 heavy (non-hydrogen) atoms. The first-order chi connectivity index (χ1) is 19.6. The summed E-state index contributed by atoms with van der Waals surface area (Å²) < 4.78 is 47.3. The van der Waals surface area contributed by atoms with E-state index in [-0.39, 0.29) is 36.1 Å². The predicted molar refractivity (Wildman–Crippen MR) is 146 cm³/mol. The molecule has 0 unspecified atom stereocenters. The van der Waals surface area contributed by atoms with E-state index in [1.54, 1.807) is 22.7 Å². The van der Waals surface area contributed by atoms with Crippen LogP contribution in [0.5, 0.6) is 0 Å². The molecule has 0 spiro atoms. The summed E-state index contributed by atoms with van der Waals surface area (Å²) in [6, 6.07) is 3.64. The number of carbonyl (C=O) groups excluding carboxylic acids is 1. The Morgan fingerprint density at radius 1 is 1.15 bits per heavy atom. The normalized spacial score (nSPS) is 16.9. The molecule has 212 valence electrons. The Bertz CT molecular complexity index is 1700. The van der Waals surface area contributed by atoms with Gasteiger partial charge in [-0.3, -0.25) is 9.48 Å². The number of likely N-dealkylation sites (N-methyl/N-ethyl adjacent to an activating group) is 1. The number of anilines is 2. The molecule has 3 aliphatic rings. The average molecular weight is 563 g/mol. The number of hydrogen-bond donors (Lipinski definition) is 0. The smallest absolute Gasteiger partial charge is 0.288 e. The molecule has 5 heterocycles. The van der Waals surface area contributed by atoms with Crippen molar-refractivity contribution in [1.29, 1.82) is 0 Å². The molecule has 1 aliphatic carbocycles. The highest BCUT2D eigenvalue weighted by atomic mass is 19.3. The summed E-state index contributed by atoms with van der Waals surface area (Å²) in [5.74, 6) is -2.43. The van der Waals surface area contributed by atoms with Crippen LogP contribution in [-0.2, 0) is 30.2 Å². The Morgan fingerprint density at radius 2 is 1.95 bits per heavy atom. The van der Waals surface area contributed by atoms with Gasteiger partial charge in [-0.15, -0.1) is 0 Å². The molecular weight excluding hydrogens is 533 g/mol. The SMILES string of the molecule is Cc1cnn(C2CC2)c1-c1ncc2c(n1)N(Cc1cc(F)c3c(c1)CCCn1cc(C(C)(F)F)nc1-3)CC(=O)N2C. The van der Waals surface area contributed by atoms with Gasteiger partial charge in [0.05, 0.1) is 30.5 Å². The van der Waals surface area contributed by atoms with Gasteiger partial charge in [0.1, 0.15) is 28.7 Å². The molecule has 12 heteroatoms. The number of alkyl halides is 2. The Labute approximate surface area is 234 Å². The fraction of sp³-hybridized carbons (Fsp3) is 0.414. The van der Waals surface area contributed by atoms with Crippen LogP contribution in [0.2, 0.25) is 0 Å². The fourth-order valence-corrected chi connectivity index (χ4v) is 5.80. The monoisotopic (exact) mass is 562 g/mol. The molecule has 1 fully saturated rings. The van der Waals surface area contributed by atoms with Crippen LogP contribution in [0.4, 0.5) is 24.7 Å². The predicted octanol–water partition coefficient (Wildman–Crippen LogP) is 5.03. The van der Waals surface area contributed by atoms with E-state index in [0.29, 0.717) is 53.9 Å². The van der Waals surface area contributed by atoms with Crippen LogP contribution in [0, 0.1) is 12.7 Å². The Kier molecular flexibility index (Phi) is 5.74. The molecule has 0 N–H and O–H groups in total. The molecule has 1 saturated carbocycles. The second-order valence-corrected chi connectivity index (χ2v) is 11.3. The average Bonchev–Trinajstić information content (AvgIpc) is 3.60. The quantitative estimate of drug-likeness (QED) is 0.339. The number of rotatable bonds is 5. The maximum absolute atomic E-state index is 15.7. The third-order valence-corrected chi connectivity index (χ3v) is 8.09. The van der Waals surface area contributed by atoms with E-state index in [0.717, 1.165) is 31.0 Å². The highest BCUT2D eigenvalue weighted by Gasteiger charge is 2.34. The summed E-state index contributed by atoms with van der Waals surface area (Å²) in [4.78, 5) is 29.9. The molecule has 3 aromatic heterocycles. The van der Waals surface area contributed by atoms with E-state index in [1.807, 2.05) is 28.8 Å². The van der Waals surface area contributed by atoms with Gasteiger partial charge in [0, 0.05) is 33.3 Å². The topological polar surface area (TPSA) is 85.0 Å². The van der Waals surface area contributed by atoms with E-state index in [9.17, 15) is 13.6 Å². The van der Waals surface area contributed by atoms with Crippen molar-refractivity contribution in [3.8, 4) is 22.9 Å². The minimum atomic E-state index is -3.12. The van der Waals surface area contributed by atoms with E-state index in [4.69, 9.17) is 4.98 Å². The molecule has 1 aromatic carbocycles. The van der Waals surface area contributed by atoms with Gasteiger partial charge in [-0.25, -0.2) is 19.3 Å². The Balaban J connectivity index is 1.26. The summed E-state index contributed by atoms with van der Waals surface area (Å²) in [5, 5.41) is 4.54. The van der Waals surface area contributed by atoms with Crippen LogP contribution < -0.4 is 9.80 Å². The lowest BCUT2D eigenvalue weighted by molar-refractivity contribution is -0.117. The van der Waals surface area contributed by atoms with Gasteiger partial charge in [0.15, 0.2) is 11.6 Å². The van der Waals surface area contributed by atoms with Crippen molar-refractivity contribution in [2.24, 2.45) is 0 Å². The molecule has 4 aromatic rings. The lowest BCUT2D eigenvalue weighted by Crippen LogP contribution is -2.44. The number of halogens is 3. The van der Waals surface area contributed by atoms with Crippen molar-refractivity contribution in [3.05, 3.63) is 58.9 Å². The zero-order valence-electron chi connectivity index (χ0n) is 23.0. The standard InChI is InChI=1S/C29H29F3N8O/c1-16-11-34-40(19-6-7-19)25(16)26-33-12-21-27(36-26)39(15-23(41)37(21)3)13-17-9-18-5-4-8-38-14-22(29(2,31)32)35-28(38)24(18)20(30)10-17/h9-12,14,19H,4-8,13,15H2,1-3H3. The van der Waals surface area contributed by atoms with Crippen molar-refractivity contribution in [3.63, 3.8) is 0 Å². The van der Waals surface area contributed by atoms with Crippen LogP contribution >= 0.6 is 0 Å². The van der Waals surface area contributed by atoms with Gasteiger partial charge in [0.2, 0.25) is 5.91 Å². The number of aryl methyl sites for hydroxylation is 3. The number of benzene rings is 1. The molecule has 2 aliphatic heterocycles. The molecule has 0 atom stereocenters. The van der Waals surface area contributed by atoms with Crippen LogP contribution in [0.25, 0.3) is 22.9 Å². The van der Waals surface area contributed by atoms with Crippen molar-refractivity contribution in [2.75, 3.05) is 23.4 Å². The van der Waals surface area contributed by atoms with Crippen LogP contribution in [0.1, 0.15) is 54.6 Å². The lowest BCUT2D eigenvalue weighted by Gasteiger charge is -2.34. The molecule has 0 saturated heterocycles. The van der Waals surface area contributed by atoms with Crippen LogP contribution in [-0.4, -0.2) is 48.8 Å². The summed E-state index contributed by atoms with van der Waals surface area (Å²) in [6.45, 7) is 3.55. The van der Waals surface area contributed by atoms with Crippen molar-refractivity contribution >= 4 is 17.4 Å². The third kappa shape index (κ3) is 4.36. The van der Waals surface area contributed by atoms with Crippen molar-refractivity contribution in [2.45, 2.75) is 64.6 Å². The first-order valence-electron chi connectivity index (χ1n) is 13.8. The van der Waals surface area contributed by atoms with E-state index >= 15 is 4.39 Å². The van der Waals surface area contributed by atoms with E-state index < -0.39 is 11.7 Å². The number of fused-ring (bicyclic) bond motifs is 4. The van der Waals surface area contributed by atoms with E-state index in [2.05, 4.69) is 15.1 Å². The second kappa shape index (κ2) is 9.15. The first kappa shape index (κ1) is 25.7. The highest BCUT2D eigenvalue weighted by molar-refractivity contribution is 6.01. The molecule has 1 amide bonds. The van der Waals surface area contributed by atoms with Crippen molar-refractivity contribution in [1.82, 2.24) is 29.3 Å². The van der Waals surface area contributed by atoms with Gasteiger partial charge in [-0.1, -0.05) is 6.07 Å². The molecule has 0 bridgehead atoms. The zero-order valence-corrected chi connectivity index (χ0v) is 23.0. The van der Waals surface area contributed by atoms with Gasteiger partial charge in [-0.05, 0) is 55.4 Å². The van der Waals surface area contributed by atoms with Crippen LogP contribution in [0.3, 0.4) is 0 Å². The maximum Gasteiger partial charge on any atom is 0.288 e. The molecule has 0 radical (unpaired) electrons. The van der Waals surface area contributed by atoms with Gasteiger partial charge in [0.25, 0.3) is 5.92 Å². The Morgan fingerprint density at radius 3 is 2.71 bits per heavy atom. The number of aromatic nitrogens is 6. The number of carbonyl (C=O) groups is 1. The highest BCUT2D eigenvalue weighted by Crippen LogP contribution is 2.40. The fourth-order valence-electron chi connectivity index (χ4n) is 5.80. The minimum Gasteiger partial charge on any atom is -0.341 e. The number of amides is 1. The van der Waals surface area contributed by atoms with Gasteiger partial charge >= 0.3 is 0 Å². The van der Waals surface area contributed by atoms with Crippen LogP contribution in [0.15, 0.2) is 30.7 Å². The summed E-state index contributed by atoms with van der Waals surface area (Å²) in [7, 11) is 1.69. The Hall–Kier alpha value is -4.22. The molecular formula is C29H29F3N8O. The summed E-state index contributed by atoms with van der Waals surface area (Å²) in [6.07, 6.45) is 8.16. The first-order valence-corrected chi connectivity index (χ1v) is 13.8. The van der Waals surface area contributed by atoms with Crippen molar-refractivity contribution < 1.29 is 18.0 Å². The van der Waals surface area contributed by atoms with Gasteiger partial charge in [-0.2, -0.15) is 13.9 Å². The number of imidazole rings is 1. The second-order valence-electron chi connectivity index (χ2n) is 11.3. The zero-order chi connectivity index (χ0) is 28.6.